The van der Waals surface area contributed by atoms with Crippen LogP contribution in [0, 0.1) is 11.8 Å². The summed E-state index contributed by atoms with van der Waals surface area (Å²) in [7, 11) is 0. The zero-order valence-electron chi connectivity index (χ0n) is 15.5. The summed E-state index contributed by atoms with van der Waals surface area (Å²) in [5.74, 6) is -0.462. The summed E-state index contributed by atoms with van der Waals surface area (Å²) in [6.07, 6.45) is 0. The minimum absolute atomic E-state index is 0.0662. The highest BCUT2D eigenvalue weighted by molar-refractivity contribution is 5.84. The molecule has 0 aromatic heterocycles. The molecule has 0 aliphatic carbocycles. The number of likely N-dealkylation sites (tertiary alicyclic amines) is 2. The topological polar surface area (TPSA) is 64.0 Å². The van der Waals surface area contributed by atoms with Crippen molar-refractivity contribution in [1.82, 2.24) is 9.80 Å². The fraction of sp³-hybridized carbons (Fsp3) is 0.409. The molecule has 0 saturated carbocycles. The first-order valence-corrected chi connectivity index (χ1v) is 9.50. The van der Waals surface area contributed by atoms with Crippen LogP contribution in [0.5, 0.6) is 0 Å². The molecule has 1 unspecified atom stereocenters. The van der Waals surface area contributed by atoms with Gasteiger partial charge >= 0.3 is 0 Å². The molecule has 2 N–H and O–H groups in total. The number of aliphatic hydroxyl groups is 2. The normalized spacial score (nSPS) is 29.1. The molecule has 2 aromatic rings. The summed E-state index contributed by atoms with van der Waals surface area (Å²) in [4.78, 5) is 17.0. The third-order valence-electron chi connectivity index (χ3n) is 6.06. The molecule has 2 heterocycles. The molecule has 0 spiro atoms. The maximum absolute atomic E-state index is 13.2. The lowest BCUT2D eigenvalue weighted by atomic mass is 9.91. The van der Waals surface area contributed by atoms with Crippen LogP contribution < -0.4 is 0 Å². The third-order valence-corrected chi connectivity index (χ3v) is 6.06. The van der Waals surface area contributed by atoms with Crippen molar-refractivity contribution in [2.45, 2.75) is 25.2 Å². The molecule has 2 fully saturated rings. The Morgan fingerprint density at radius 3 is 2.30 bits per heavy atom. The van der Waals surface area contributed by atoms with E-state index in [9.17, 15) is 15.0 Å². The average molecular weight is 366 g/mol. The van der Waals surface area contributed by atoms with Gasteiger partial charge in [0.1, 0.15) is 5.72 Å². The smallest absolute Gasteiger partial charge is 0.230 e. The van der Waals surface area contributed by atoms with Gasteiger partial charge in [0, 0.05) is 25.6 Å². The fourth-order valence-electron chi connectivity index (χ4n) is 4.72. The van der Waals surface area contributed by atoms with E-state index in [0.29, 0.717) is 13.1 Å². The highest BCUT2D eigenvalue weighted by Gasteiger charge is 2.60. The van der Waals surface area contributed by atoms with Crippen LogP contribution in [-0.4, -0.2) is 51.3 Å². The Labute approximate surface area is 159 Å². The summed E-state index contributed by atoms with van der Waals surface area (Å²) in [5, 5.41) is 21.3. The monoisotopic (exact) mass is 366 g/mol. The number of nitrogens with zero attached hydrogens (tertiary/aromatic N) is 2. The van der Waals surface area contributed by atoms with E-state index in [-0.39, 0.29) is 24.3 Å². The number of aliphatic hydroxyl groups excluding tert-OH is 1. The Bertz CT molecular complexity index is 794. The molecular formula is C22H26N2O3. The molecule has 5 nitrogen and oxygen atoms in total. The van der Waals surface area contributed by atoms with E-state index >= 15 is 0 Å². The summed E-state index contributed by atoms with van der Waals surface area (Å²) < 4.78 is 0. The van der Waals surface area contributed by atoms with Crippen LogP contribution in [0.1, 0.15) is 24.1 Å². The van der Waals surface area contributed by atoms with Crippen molar-refractivity contribution in [3.63, 3.8) is 0 Å². The van der Waals surface area contributed by atoms with Gasteiger partial charge in [-0.3, -0.25) is 9.69 Å². The van der Waals surface area contributed by atoms with Crippen molar-refractivity contribution >= 4 is 5.91 Å². The largest absolute Gasteiger partial charge is 0.394 e. The molecule has 4 rings (SSSR count). The van der Waals surface area contributed by atoms with Gasteiger partial charge in [-0.2, -0.15) is 0 Å². The third kappa shape index (κ3) is 3.16. The lowest BCUT2D eigenvalue weighted by Gasteiger charge is -2.39. The molecule has 4 atom stereocenters. The highest BCUT2D eigenvalue weighted by Crippen LogP contribution is 2.46. The number of amides is 1. The van der Waals surface area contributed by atoms with Crippen LogP contribution in [0.2, 0.25) is 0 Å². The molecule has 27 heavy (non-hydrogen) atoms. The zero-order valence-corrected chi connectivity index (χ0v) is 15.5. The second-order valence-corrected chi connectivity index (χ2v) is 7.80. The van der Waals surface area contributed by atoms with E-state index < -0.39 is 11.8 Å². The molecule has 2 aliphatic heterocycles. The van der Waals surface area contributed by atoms with Crippen molar-refractivity contribution in [1.29, 1.82) is 0 Å². The van der Waals surface area contributed by atoms with Crippen molar-refractivity contribution < 1.29 is 15.0 Å². The van der Waals surface area contributed by atoms with Crippen LogP contribution >= 0.6 is 0 Å². The van der Waals surface area contributed by atoms with Gasteiger partial charge in [0.15, 0.2) is 0 Å². The zero-order chi connectivity index (χ0) is 19.0. The Balaban J connectivity index is 1.55. The van der Waals surface area contributed by atoms with Crippen molar-refractivity contribution in [2.75, 3.05) is 19.7 Å². The number of fused-ring (bicyclic) bond motifs is 1. The van der Waals surface area contributed by atoms with Gasteiger partial charge in [-0.1, -0.05) is 60.7 Å². The van der Waals surface area contributed by atoms with Gasteiger partial charge in [0.25, 0.3) is 0 Å². The fourth-order valence-corrected chi connectivity index (χ4v) is 4.72. The predicted octanol–water partition coefficient (Wildman–Crippen LogP) is 2.02. The second-order valence-electron chi connectivity index (χ2n) is 7.80. The van der Waals surface area contributed by atoms with Crippen LogP contribution in [0.3, 0.4) is 0 Å². The maximum atomic E-state index is 13.2. The maximum Gasteiger partial charge on any atom is 0.230 e. The van der Waals surface area contributed by atoms with Crippen LogP contribution in [0.4, 0.5) is 0 Å². The van der Waals surface area contributed by atoms with E-state index in [1.807, 2.05) is 48.5 Å². The quantitative estimate of drug-likeness (QED) is 0.850. The first-order chi connectivity index (χ1) is 13.0. The molecule has 2 aliphatic rings. The molecule has 142 valence electrons. The lowest BCUT2D eigenvalue weighted by Crippen LogP contribution is -2.51. The van der Waals surface area contributed by atoms with Gasteiger partial charge < -0.3 is 15.1 Å². The number of rotatable bonds is 5. The van der Waals surface area contributed by atoms with E-state index in [4.69, 9.17) is 0 Å². The first kappa shape index (κ1) is 18.2. The predicted molar refractivity (Wildman–Crippen MR) is 102 cm³/mol. The summed E-state index contributed by atoms with van der Waals surface area (Å²) >= 11 is 0. The molecule has 0 radical (unpaired) electrons. The SMILES string of the molecule is CC1(O)[C@@H]2CN(Cc3ccccc3)C[C@@H]2C(=O)N1[C@H](CO)c1ccccc1. The van der Waals surface area contributed by atoms with Crippen LogP contribution in [0.25, 0.3) is 0 Å². The number of carbonyl (C=O) groups is 1. The molecule has 2 saturated heterocycles. The summed E-state index contributed by atoms with van der Waals surface area (Å²) in [6.45, 7) is 3.59. The Kier molecular flexibility index (Phi) is 4.76. The molecule has 5 heteroatoms. The van der Waals surface area contributed by atoms with Crippen molar-refractivity contribution in [3.8, 4) is 0 Å². The van der Waals surface area contributed by atoms with Crippen molar-refractivity contribution in [2.24, 2.45) is 11.8 Å². The number of benzene rings is 2. The summed E-state index contributed by atoms with van der Waals surface area (Å²) in [6, 6.07) is 19.1. The van der Waals surface area contributed by atoms with Gasteiger partial charge in [0.05, 0.1) is 18.6 Å². The first-order valence-electron chi connectivity index (χ1n) is 9.50. The van der Waals surface area contributed by atoms with E-state index in [0.717, 1.165) is 12.1 Å². The molecule has 1 amide bonds. The molecule has 0 bridgehead atoms. The van der Waals surface area contributed by atoms with Gasteiger partial charge in [-0.05, 0) is 18.1 Å². The number of carbonyl (C=O) groups excluding carboxylic acids is 1. The van der Waals surface area contributed by atoms with Gasteiger partial charge in [-0.15, -0.1) is 0 Å². The standard InChI is InChI=1S/C22H26N2O3/c1-22(27)19-14-23(12-16-8-4-2-5-9-16)13-18(19)21(26)24(22)20(15-25)17-10-6-3-7-11-17/h2-11,18-20,25,27H,12-15H2,1H3/t18-,19+,20+,22?/m0/s1. The molecule has 2 aromatic carbocycles. The second kappa shape index (κ2) is 7.08. The van der Waals surface area contributed by atoms with E-state index in [1.165, 1.54) is 10.5 Å². The van der Waals surface area contributed by atoms with Gasteiger partial charge in [-0.25, -0.2) is 0 Å². The Hall–Kier alpha value is -2.21. The van der Waals surface area contributed by atoms with Crippen molar-refractivity contribution in [3.05, 3.63) is 71.8 Å². The highest BCUT2D eigenvalue weighted by atomic mass is 16.3. The van der Waals surface area contributed by atoms with E-state index in [1.54, 1.807) is 6.92 Å². The van der Waals surface area contributed by atoms with Gasteiger partial charge in [0.2, 0.25) is 5.91 Å². The van der Waals surface area contributed by atoms with E-state index in [2.05, 4.69) is 17.0 Å². The Morgan fingerprint density at radius 2 is 1.70 bits per heavy atom. The minimum atomic E-state index is -1.28. The minimum Gasteiger partial charge on any atom is -0.394 e. The number of hydrogen-bond donors (Lipinski definition) is 2. The van der Waals surface area contributed by atoms with Crippen LogP contribution in [-0.2, 0) is 11.3 Å². The van der Waals surface area contributed by atoms with Crippen LogP contribution in [0.15, 0.2) is 60.7 Å². The molecular weight excluding hydrogens is 340 g/mol. The Morgan fingerprint density at radius 1 is 1.07 bits per heavy atom. The average Bonchev–Trinajstić information content (AvgIpc) is 3.18. The lowest BCUT2D eigenvalue weighted by molar-refractivity contribution is -0.158. The number of hydrogen-bond acceptors (Lipinski definition) is 4. The summed E-state index contributed by atoms with van der Waals surface area (Å²) in [5.41, 5.74) is 0.768.